The maximum Gasteiger partial charge on any atom is 0.152 e. The molecule has 0 aromatic heterocycles. The molecule has 0 N–H and O–H groups in total. The Morgan fingerprint density at radius 1 is 1.31 bits per heavy atom. The van der Waals surface area contributed by atoms with Crippen molar-refractivity contribution < 1.29 is 9.59 Å². The van der Waals surface area contributed by atoms with Crippen LogP contribution < -0.4 is 0 Å². The summed E-state index contributed by atoms with van der Waals surface area (Å²) in [5.74, 6) is 0. The molecule has 0 amide bonds. The van der Waals surface area contributed by atoms with Gasteiger partial charge >= 0.3 is 0 Å². The second-order valence-electron chi connectivity index (χ2n) is 2.34. The van der Waals surface area contributed by atoms with Crippen LogP contribution in [0.25, 0.3) is 0 Å². The lowest BCUT2D eigenvalue weighted by molar-refractivity contribution is 0.109. The Morgan fingerprint density at radius 2 is 2.00 bits per heavy atom. The monoisotopic (exact) mass is 191 g/mol. The van der Waals surface area contributed by atoms with E-state index in [0.29, 0.717) is 17.5 Å². The highest BCUT2D eigenvalue weighted by atomic mass is 32.1. The van der Waals surface area contributed by atoms with Crippen LogP contribution in [0.5, 0.6) is 0 Å². The third-order valence-corrected chi connectivity index (χ3v) is 1.82. The highest BCUT2D eigenvalue weighted by Crippen LogP contribution is 2.16. The maximum absolute atomic E-state index is 10.5. The van der Waals surface area contributed by atoms with Crippen LogP contribution in [0.4, 0.5) is 0 Å². The van der Waals surface area contributed by atoms with E-state index in [0.717, 1.165) is 0 Å². The van der Waals surface area contributed by atoms with Crippen LogP contribution in [-0.4, -0.2) is 12.6 Å². The first kappa shape index (κ1) is 9.49. The summed E-state index contributed by atoms with van der Waals surface area (Å²) < 4.78 is 0. The zero-order valence-electron chi connectivity index (χ0n) is 6.52. The maximum atomic E-state index is 10.5. The molecule has 3 nitrogen and oxygen atoms in total. The van der Waals surface area contributed by atoms with Gasteiger partial charge in [0.15, 0.2) is 12.6 Å². The average molecular weight is 191 g/mol. The number of carbonyl (C=O) groups excluding carboxylic acids is 2. The van der Waals surface area contributed by atoms with Gasteiger partial charge in [0.2, 0.25) is 0 Å². The van der Waals surface area contributed by atoms with E-state index in [2.05, 4.69) is 12.6 Å². The SMILES string of the molecule is N#Cc1cc(S)cc(C=O)c1C=O. The molecule has 4 heteroatoms. The van der Waals surface area contributed by atoms with Crippen molar-refractivity contribution in [3.63, 3.8) is 0 Å². The summed E-state index contributed by atoms with van der Waals surface area (Å²) in [4.78, 5) is 21.5. The number of thiol groups is 1. The minimum atomic E-state index is 0.121. The quantitative estimate of drug-likeness (QED) is 0.569. The average Bonchev–Trinajstić information content (AvgIpc) is 2.16. The lowest BCUT2D eigenvalue weighted by Gasteiger charge is -2.00. The summed E-state index contributed by atoms with van der Waals surface area (Å²) in [5, 5.41) is 8.64. The van der Waals surface area contributed by atoms with Gasteiger partial charge in [-0.2, -0.15) is 5.26 Å². The molecule has 1 rings (SSSR count). The number of rotatable bonds is 2. The molecular weight excluding hydrogens is 186 g/mol. The topological polar surface area (TPSA) is 57.9 Å². The lowest BCUT2D eigenvalue weighted by Crippen LogP contribution is -1.95. The van der Waals surface area contributed by atoms with E-state index < -0.39 is 0 Å². The molecule has 1 aromatic carbocycles. The molecular formula is C9H5NO2S. The molecule has 0 bridgehead atoms. The van der Waals surface area contributed by atoms with E-state index in [1.807, 2.05) is 6.07 Å². The Kier molecular flexibility index (Phi) is 2.83. The van der Waals surface area contributed by atoms with E-state index in [-0.39, 0.29) is 16.7 Å². The van der Waals surface area contributed by atoms with Crippen molar-refractivity contribution in [3.05, 3.63) is 28.8 Å². The van der Waals surface area contributed by atoms with Crippen molar-refractivity contribution in [1.29, 1.82) is 5.26 Å². The number of aldehydes is 2. The lowest BCUT2D eigenvalue weighted by atomic mass is 10.0. The fraction of sp³-hybridized carbons (Fsp3) is 0. The van der Waals surface area contributed by atoms with Crippen LogP contribution in [-0.2, 0) is 0 Å². The fourth-order valence-corrected chi connectivity index (χ4v) is 1.25. The molecule has 0 saturated heterocycles. The molecule has 0 aliphatic heterocycles. The van der Waals surface area contributed by atoms with E-state index in [4.69, 9.17) is 5.26 Å². The van der Waals surface area contributed by atoms with Crippen molar-refractivity contribution >= 4 is 25.2 Å². The molecule has 0 aliphatic rings. The van der Waals surface area contributed by atoms with Crippen molar-refractivity contribution in [2.75, 3.05) is 0 Å². The normalized spacial score (nSPS) is 8.92. The molecule has 0 heterocycles. The Bertz CT molecular complexity index is 407. The van der Waals surface area contributed by atoms with E-state index in [1.54, 1.807) is 0 Å². The van der Waals surface area contributed by atoms with Gasteiger partial charge in [0.05, 0.1) is 11.6 Å². The Labute approximate surface area is 80.4 Å². The highest BCUT2D eigenvalue weighted by Gasteiger charge is 2.07. The van der Waals surface area contributed by atoms with Crippen LogP contribution in [0, 0.1) is 11.3 Å². The third-order valence-electron chi connectivity index (χ3n) is 1.56. The summed E-state index contributed by atoms with van der Waals surface area (Å²) in [5.41, 5.74) is 0.485. The zero-order valence-corrected chi connectivity index (χ0v) is 7.41. The van der Waals surface area contributed by atoms with Crippen LogP contribution in [0.1, 0.15) is 26.3 Å². The number of hydrogen-bond acceptors (Lipinski definition) is 4. The summed E-state index contributed by atoms with van der Waals surface area (Å²) in [6.07, 6.45) is 1.03. The molecule has 0 atom stereocenters. The van der Waals surface area contributed by atoms with Gasteiger partial charge in [0.25, 0.3) is 0 Å². The van der Waals surface area contributed by atoms with Crippen LogP contribution in [0.3, 0.4) is 0 Å². The first-order chi connectivity index (χ1) is 6.22. The van der Waals surface area contributed by atoms with E-state index in [1.165, 1.54) is 12.1 Å². The predicted octanol–water partition coefficient (Wildman–Crippen LogP) is 1.47. The highest BCUT2D eigenvalue weighted by molar-refractivity contribution is 7.80. The van der Waals surface area contributed by atoms with Gasteiger partial charge in [-0.25, -0.2) is 0 Å². The van der Waals surface area contributed by atoms with Gasteiger partial charge in [0, 0.05) is 16.0 Å². The zero-order chi connectivity index (χ0) is 9.84. The number of benzene rings is 1. The molecule has 0 radical (unpaired) electrons. The molecule has 0 unspecified atom stereocenters. The molecule has 1 aromatic rings. The predicted molar refractivity (Wildman–Crippen MR) is 49.2 cm³/mol. The standard InChI is InChI=1S/C9H5NO2S/c10-3-6-1-8(13)2-7(4-11)9(6)5-12/h1-2,4-5,13H. The summed E-state index contributed by atoms with van der Waals surface area (Å²) in [6, 6.07) is 4.71. The van der Waals surface area contributed by atoms with Gasteiger partial charge in [0.1, 0.15) is 0 Å². The molecule has 0 fully saturated rings. The first-order valence-corrected chi connectivity index (χ1v) is 3.85. The van der Waals surface area contributed by atoms with Gasteiger partial charge in [-0.3, -0.25) is 9.59 Å². The number of nitrogens with zero attached hydrogens (tertiary/aromatic N) is 1. The smallest absolute Gasteiger partial charge is 0.152 e. The van der Waals surface area contributed by atoms with Gasteiger partial charge < -0.3 is 0 Å². The fourth-order valence-electron chi connectivity index (χ4n) is 0.981. The Morgan fingerprint density at radius 3 is 2.46 bits per heavy atom. The first-order valence-electron chi connectivity index (χ1n) is 3.40. The van der Waals surface area contributed by atoms with Crippen molar-refractivity contribution in [2.24, 2.45) is 0 Å². The van der Waals surface area contributed by atoms with Gasteiger partial charge in [-0.15, -0.1) is 12.6 Å². The van der Waals surface area contributed by atoms with Crippen molar-refractivity contribution in [1.82, 2.24) is 0 Å². The number of hydrogen-bond donors (Lipinski definition) is 1. The van der Waals surface area contributed by atoms with Crippen molar-refractivity contribution in [2.45, 2.75) is 4.90 Å². The minimum absolute atomic E-state index is 0.121. The molecule has 0 aliphatic carbocycles. The third kappa shape index (κ3) is 1.76. The second kappa shape index (κ2) is 3.87. The molecule has 0 saturated carbocycles. The second-order valence-corrected chi connectivity index (χ2v) is 2.86. The van der Waals surface area contributed by atoms with Crippen LogP contribution in [0.15, 0.2) is 17.0 Å². The van der Waals surface area contributed by atoms with E-state index in [9.17, 15) is 9.59 Å². The van der Waals surface area contributed by atoms with Gasteiger partial charge in [-0.1, -0.05) is 0 Å². The molecule has 13 heavy (non-hydrogen) atoms. The van der Waals surface area contributed by atoms with Gasteiger partial charge in [-0.05, 0) is 12.1 Å². The Balaban J connectivity index is 3.53. The largest absolute Gasteiger partial charge is 0.298 e. The molecule has 64 valence electrons. The summed E-state index contributed by atoms with van der Waals surface area (Å²) in [7, 11) is 0. The number of carbonyl (C=O) groups is 2. The van der Waals surface area contributed by atoms with E-state index >= 15 is 0 Å². The number of nitriles is 1. The van der Waals surface area contributed by atoms with Crippen LogP contribution in [0.2, 0.25) is 0 Å². The summed E-state index contributed by atoms with van der Waals surface area (Å²) in [6.45, 7) is 0. The minimum Gasteiger partial charge on any atom is -0.298 e. The van der Waals surface area contributed by atoms with Crippen LogP contribution >= 0.6 is 12.6 Å². The van der Waals surface area contributed by atoms with Crippen molar-refractivity contribution in [3.8, 4) is 6.07 Å². The summed E-state index contributed by atoms with van der Waals surface area (Å²) >= 11 is 3.99. The molecule has 0 spiro atoms. The Hall–Kier alpha value is -1.60.